The van der Waals surface area contributed by atoms with Gasteiger partial charge in [-0.05, 0) is 25.1 Å². The molecule has 0 aliphatic carbocycles. The lowest BCUT2D eigenvalue weighted by Gasteiger charge is -2.14. The quantitative estimate of drug-likeness (QED) is 0.510. The standard InChI is InChI=1S/C19H16ClN3O3S/c1-12(24)16-18(21-15-10-6-9-14(20)11-15)22-17(13-7-4-3-5-8-13)23-19(16)27(2,25)26/h3-11H,1-2H3,(H,21,22,23). The molecule has 3 aromatic rings. The second-order valence-electron chi connectivity index (χ2n) is 5.91. The largest absolute Gasteiger partial charge is 0.339 e. The summed E-state index contributed by atoms with van der Waals surface area (Å²) in [7, 11) is -3.77. The molecular formula is C19H16ClN3O3S. The molecule has 0 atom stereocenters. The first kappa shape index (κ1) is 19.0. The second kappa shape index (κ2) is 7.46. The van der Waals surface area contributed by atoms with Crippen molar-refractivity contribution in [2.75, 3.05) is 11.6 Å². The van der Waals surface area contributed by atoms with Gasteiger partial charge in [0.05, 0.1) is 5.56 Å². The molecule has 0 fully saturated rings. The van der Waals surface area contributed by atoms with Gasteiger partial charge in [-0.1, -0.05) is 48.0 Å². The first-order valence-electron chi connectivity index (χ1n) is 7.97. The smallest absolute Gasteiger partial charge is 0.193 e. The van der Waals surface area contributed by atoms with Crippen LogP contribution in [0.3, 0.4) is 0 Å². The molecule has 8 heteroatoms. The first-order chi connectivity index (χ1) is 12.8. The van der Waals surface area contributed by atoms with Crippen LogP contribution in [0.25, 0.3) is 11.4 Å². The lowest BCUT2D eigenvalue weighted by Crippen LogP contribution is -2.14. The zero-order valence-electron chi connectivity index (χ0n) is 14.6. The van der Waals surface area contributed by atoms with Crippen molar-refractivity contribution < 1.29 is 13.2 Å². The minimum absolute atomic E-state index is 0.0860. The maximum Gasteiger partial charge on any atom is 0.193 e. The van der Waals surface area contributed by atoms with Crippen LogP contribution in [0.1, 0.15) is 17.3 Å². The number of rotatable bonds is 5. The van der Waals surface area contributed by atoms with Gasteiger partial charge in [0.25, 0.3) is 0 Å². The highest BCUT2D eigenvalue weighted by Gasteiger charge is 2.25. The van der Waals surface area contributed by atoms with Crippen molar-refractivity contribution in [3.05, 3.63) is 65.2 Å². The van der Waals surface area contributed by atoms with Crippen LogP contribution in [0.5, 0.6) is 0 Å². The number of hydrogen-bond donors (Lipinski definition) is 1. The van der Waals surface area contributed by atoms with E-state index in [4.69, 9.17) is 11.6 Å². The molecule has 0 aliphatic heterocycles. The number of ketones is 1. The second-order valence-corrected chi connectivity index (χ2v) is 8.27. The van der Waals surface area contributed by atoms with Crippen molar-refractivity contribution in [1.29, 1.82) is 0 Å². The van der Waals surface area contributed by atoms with Gasteiger partial charge in [-0.25, -0.2) is 18.4 Å². The van der Waals surface area contributed by atoms with Gasteiger partial charge >= 0.3 is 0 Å². The van der Waals surface area contributed by atoms with Gasteiger partial charge in [0.2, 0.25) is 0 Å². The average Bonchev–Trinajstić information content (AvgIpc) is 2.61. The molecule has 0 saturated heterocycles. The number of Topliss-reactive ketones (excluding diaryl/α,β-unsaturated/α-hetero) is 1. The van der Waals surface area contributed by atoms with Crippen LogP contribution in [-0.4, -0.2) is 30.4 Å². The molecule has 138 valence electrons. The number of aromatic nitrogens is 2. The number of nitrogens with zero attached hydrogens (tertiary/aromatic N) is 2. The van der Waals surface area contributed by atoms with E-state index in [1.807, 2.05) is 6.07 Å². The third-order valence-electron chi connectivity index (χ3n) is 3.70. The molecule has 1 aromatic heterocycles. The summed E-state index contributed by atoms with van der Waals surface area (Å²) in [6.07, 6.45) is 1.01. The summed E-state index contributed by atoms with van der Waals surface area (Å²) in [6, 6.07) is 15.8. The Morgan fingerprint density at radius 3 is 2.33 bits per heavy atom. The summed E-state index contributed by atoms with van der Waals surface area (Å²) >= 11 is 6.01. The summed E-state index contributed by atoms with van der Waals surface area (Å²) in [5.74, 6) is -0.149. The Bertz CT molecular complexity index is 1120. The molecule has 1 N–H and O–H groups in total. The number of hydrogen-bond acceptors (Lipinski definition) is 6. The van der Waals surface area contributed by atoms with E-state index < -0.39 is 15.6 Å². The molecule has 2 aromatic carbocycles. The molecule has 1 heterocycles. The zero-order chi connectivity index (χ0) is 19.6. The van der Waals surface area contributed by atoms with E-state index in [0.29, 0.717) is 16.3 Å². The summed E-state index contributed by atoms with van der Waals surface area (Å²) in [5.41, 5.74) is 1.12. The topological polar surface area (TPSA) is 89.0 Å². The number of sulfone groups is 1. The Morgan fingerprint density at radius 1 is 1.04 bits per heavy atom. The van der Waals surface area contributed by atoms with E-state index in [9.17, 15) is 13.2 Å². The Hall–Kier alpha value is -2.77. The van der Waals surface area contributed by atoms with Crippen molar-refractivity contribution >= 4 is 38.7 Å². The molecule has 0 bridgehead atoms. The van der Waals surface area contributed by atoms with E-state index in [1.165, 1.54) is 6.92 Å². The normalized spacial score (nSPS) is 11.2. The van der Waals surface area contributed by atoms with Crippen molar-refractivity contribution in [2.24, 2.45) is 0 Å². The third-order valence-corrected chi connectivity index (χ3v) is 4.93. The van der Waals surface area contributed by atoms with E-state index in [0.717, 1.165) is 6.26 Å². The molecule has 6 nitrogen and oxygen atoms in total. The van der Waals surface area contributed by atoms with E-state index in [2.05, 4.69) is 15.3 Å². The Labute approximate surface area is 162 Å². The monoisotopic (exact) mass is 401 g/mol. The fourth-order valence-corrected chi connectivity index (χ4v) is 3.59. The Morgan fingerprint density at radius 2 is 1.74 bits per heavy atom. The minimum atomic E-state index is -3.77. The number of halogens is 1. The zero-order valence-corrected chi connectivity index (χ0v) is 16.2. The highest BCUT2D eigenvalue weighted by molar-refractivity contribution is 7.90. The number of carbonyl (C=O) groups excluding carboxylic acids is 1. The molecule has 0 amide bonds. The van der Waals surface area contributed by atoms with Crippen LogP contribution >= 0.6 is 11.6 Å². The molecule has 3 rings (SSSR count). The predicted molar refractivity (Wildman–Crippen MR) is 105 cm³/mol. The number of benzene rings is 2. The number of nitrogens with one attached hydrogen (secondary N) is 1. The van der Waals surface area contributed by atoms with Gasteiger partial charge in [-0.3, -0.25) is 4.79 Å². The molecule has 0 aliphatic rings. The van der Waals surface area contributed by atoms with E-state index in [1.54, 1.807) is 48.5 Å². The fraction of sp³-hybridized carbons (Fsp3) is 0.105. The van der Waals surface area contributed by atoms with Crippen molar-refractivity contribution in [1.82, 2.24) is 9.97 Å². The van der Waals surface area contributed by atoms with Crippen LogP contribution in [0.2, 0.25) is 5.02 Å². The number of carbonyl (C=O) groups is 1. The Balaban J connectivity index is 2.27. The summed E-state index contributed by atoms with van der Waals surface area (Å²) in [5, 5.41) is 3.18. The van der Waals surface area contributed by atoms with Gasteiger partial charge < -0.3 is 5.32 Å². The van der Waals surface area contributed by atoms with E-state index in [-0.39, 0.29) is 22.2 Å². The van der Waals surface area contributed by atoms with Gasteiger partial charge in [0, 0.05) is 22.5 Å². The van der Waals surface area contributed by atoms with Gasteiger partial charge in [-0.2, -0.15) is 0 Å². The highest BCUT2D eigenvalue weighted by atomic mass is 35.5. The van der Waals surface area contributed by atoms with Gasteiger partial charge in [0.15, 0.2) is 26.5 Å². The number of anilines is 2. The maximum atomic E-state index is 12.3. The maximum absolute atomic E-state index is 12.3. The third kappa shape index (κ3) is 4.32. The molecule has 27 heavy (non-hydrogen) atoms. The van der Waals surface area contributed by atoms with Crippen molar-refractivity contribution in [3.8, 4) is 11.4 Å². The van der Waals surface area contributed by atoms with Crippen molar-refractivity contribution in [2.45, 2.75) is 11.9 Å². The lowest BCUT2D eigenvalue weighted by atomic mass is 10.1. The average molecular weight is 402 g/mol. The molecular weight excluding hydrogens is 386 g/mol. The van der Waals surface area contributed by atoms with E-state index >= 15 is 0 Å². The fourth-order valence-electron chi connectivity index (χ4n) is 2.54. The predicted octanol–water partition coefficient (Wildman–Crippen LogP) is 4.15. The SMILES string of the molecule is CC(=O)c1c(Nc2cccc(Cl)c2)nc(-c2ccccc2)nc1S(C)(=O)=O. The summed E-state index contributed by atoms with van der Waals surface area (Å²) < 4.78 is 24.6. The van der Waals surface area contributed by atoms with Gasteiger partial charge in [0.1, 0.15) is 5.82 Å². The van der Waals surface area contributed by atoms with Gasteiger partial charge in [-0.15, -0.1) is 0 Å². The molecule has 0 unspecified atom stereocenters. The van der Waals surface area contributed by atoms with Crippen LogP contribution in [0, 0.1) is 0 Å². The summed E-state index contributed by atoms with van der Waals surface area (Å²) in [4.78, 5) is 20.8. The molecule has 0 radical (unpaired) electrons. The highest BCUT2D eigenvalue weighted by Crippen LogP contribution is 2.29. The van der Waals surface area contributed by atoms with Crippen LogP contribution in [0.4, 0.5) is 11.5 Å². The summed E-state index contributed by atoms with van der Waals surface area (Å²) in [6.45, 7) is 1.28. The lowest BCUT2D eigenvalue weighted by molar-refractivity contribution is 0.101. The Kier molecular flexibility index (Phi) is 5.25. The molecule has 0 spiro atoms. The van der Waals surface area contributed by atoms with Crippen molar-refractivity contribution in [3.63, 3.8) is 0 Å². The van der Waals surface area contributed by atoms with Crippen LogP contribution < -0.4 is 5.32 Å². The van der Waals surface area contributed by atoms with Crippen LogP contribution in [0.15, 0.2) is 59.6 Å². The first-order valence-corrected chi connectivity index (χ1v) is 10.2. The minimum Gasteiger partial charge on any atom is -0.339 e. The van der Waals surface area contributed by atoms with Crippen LogP contribution in [-0.2, 0) is 9.84 Å². The molecule has 0 saturated carbocycles.